The molecule has 1 heterocycles. The minimum atomic E-state index is -0.134. The molecule has 2 aromatic carbocycles. The van der Waals surface area contributed by atoms with Crippen LogP contribution >= 0.6 is 11.8 Å². The van der Waals surface area contributed by atoms with Gasteiger partial charge in [0.2, 0.25) is 5.91 Å². The molecule has 4 nitrogen and oxygen atoms in total. The van der Waals surface area contributed by atoms with Gasteiger partial charge in [0.15, 0.2) is 0 Å². The van der Waals surface area contributed by atoms with Crippen LogP contribution in [-0.4, -0.2) is 18.6 Å². The van der Waals surface area contributed by atoms with Crippen LogP contribution < -0.4 is 14.8 Å². The van der Waals surface area contributed by atoms with Gasteiger partial charge in [-0.1, -0.05) is 30.0 Å². The van der Waals surface area contributed by atoms with Gasteiger partial charge < -0.3 is 14.8 Å². The van der Waals surface area contributed by atoms with E-state index in [-0.39, 0.29) is 12.0 Å². The molecule has 2 aromatic rings. The number of ether oxygens (including phenoxy) is 2. The Kier molecular flexibility index (Phi) is 6.23. The maximum absolute atomic E-state index is 12.1. The number of amides is 1. The van der Waals surface area contributed by atoms with E-state index in [1.165, 1.54) is 11.8 Å². The van der Waals surface area contributed by atoms with Crippen molar-refractivity contribution in [1.29, 1.82) is 0 Å². The number of hydrogen-bond acceptors (Lipinski definition) is 4. The Balaban J connectivity index is 1.60. The van der Waals surface area contributed by atoms with Crippen LogP contribution in [0.4, 0.5) is 0 Å². The Morgan fingerprint density at radius 1 is 1.35 bits per heavy atom. The highest BCUT2D eigenvalue weighted by molar-refractivity contribution is 8.02. The summed E-state index contributed by atoms with van der Waals surface area (Å²) in [4.78, 5) is 13.2. The molecule has 0 radical (unpaired) electrons. The van der Waals surface area contributed by atoms with Gasteiger partial charge in [0, 0.05) is 35.1 Å². The predicted molar refractivity (Wildman–Crippen MR) is 105 cm³/mol. The summed E-state index contributed by atoms with van der Waals surface area (Å²) in [7, 11) is 0. The van der Waals surface area contributed by atoms with E-state index in [1.54, 1.807) is 11.5 Å². The maximum Gasteiger partial charge on any atom is 0.244 e. The summed E-state index contributed by atoms with van der Waals surface area (Å²) in [5, 5.41) is 4.71. The third-order valence-corrected chi connectivity index (χ3v) is 4.82. The highest BCUT2D eigenvalue weighted by Gasteiger charge is 2.21. The zero-order valence-electron chi connectivity index (χ0n) is 15.0. The number of thioether (sulfide) groups is 1. The molecule has 1 atom stereocenters. The van der Waals surface area contributed by atoms with Crippen molar-refractivity contribution in [3.63, 3.8) is 0 Å². The second-order valence-electron chi connectivity index (χ2n) is 6.08. The van der Waals surface area contributed by atoms with Gasteiger partial charge in [0.25, 0.3) is 0 Å². The third-order valence-electron chi connectivity index (χ3n) is 4.00. The smallest absolute Gasteiger partial charge is 0.244 e. The summed E-state index contributed by atoms with van der Waals surface area (Å²) < 4.78 is 11.6. The molecule has 3 rings (SSSR count). The first kappa shape index (κ1) is 18.4. The largest absolute Gasteiger partial charge is 0.494 e. The number of benzene rings is 2. The van der Waals surface area contributed by atoms with Gasteiger partial charge in [-0.2, -0.15) is 0 Å². The molecule has 136 valence electrons. The summed E-state index contributed by atoms with van der Waals surface area (Å²) >= 11 is 1.51. The van der Waals surface area contributed by atoms with Gasteiger partial charge >= 0.3 is 0 Å². The quantitative estimate of drug-likeness (QED) is 0.583. The van der Waals surface area contributed by atoms with Crippen molar-refractivity contribution >= 4 is 17.7 Å². The summed E-state index contributed by atoms with van der Waals surface area (Å²) in [6.45, 7) is 5.00. The van der Waals surface area contributed by atoms with E-state index < -0.39 is 0 Å². The summed E-state index contributed by atoms with van der Waals surface area (Å²) in [5.41, 5.74) is 2.09. The van der Waals surface area contributed by atoms with Crippen molar-refractivity contribution in [2.75, 3.05) is 6.61 Å². The first-order valence-electron chi connectivity index (χ1n) is 8.77. The number of hydrogen-bond donors (Lipinski definition) is 1. The lowest BCUT2D eigenvalue weighted by atomic mass is 10.1. The van der Waals surface area contributed by atoms with Crippen molar-refractivity contribution in [2.45, 2.75) is 37.8 Å². The molecule has 0 saturated carbocycles. The third kappa shape index (κ3) is 4.82. The number of fused-ring (bicyclic) bond motifs is 1. The van der Waals surface area contributed by atoms with Crippen LogP contribution in [0.2, 0.25) is 0 Å². The Morgan fingerprint density at radius 3 is 2.92 bits per heavy atom. The number of carbonyl (C=O) groups excluding carboxylic acids is 1. The minimum Gasteiger partial charge on any atom is -0.494 e. The van der Waals surface area contributed by atoms with E-state index >= 15 is 0 Å². The van der Waals surface area contributed by atoms with Crippen molar-refractivity contribution in [3.8, 4) is 11.5 Å². The van der Waals surface area contributed by atoms with Gasteiger partial charge in [0.05, 0.1) is 6.61 Å². The van der Waals surface area contributed by atoms with Crippen LogP contribution in [0.15, 0.2) is 58.8 Å². The maximum atomic E-state index is 12.1. The van der Waals surface area contributed by atoms with Crippen molar-refractivity contribution in [3.05, 3.63) is 65.1 Å². The van der Waals surface area contributed by atoms with Crippen molar-refractivity contribution in [1.82, 2.24) is 5.32 Å². The van der Waals surface area contributed by atoms with Gasteiger partial charge in [-0.3, -0.25) is 4.79 Å². The zero-order valence-corrected chi connectivity index (χ0v) is 15.8. The normalized spacial score (nSPS) is 15.5. The molecule has 1 N–H and O–H groups in total. The van der Waals surface area contributed by atoms with E-state index in [4.69, 9.17) is 9.47 Å². The average molecular weight is 369 g/mol. The number of nitrogens with one attached hydrogen (secondary N) is 1. The molecule has 0 spiro atoms. The van der Waals surface area contributed by atoms with Crippen molar-refractivity contribution < 1.29 is 14.3 Å². The van der Waals surface area contributed by atoms with Gasteiger partial charge in [-0.25, -0.2) is 0 Å². The van der Waals surface area contributed by atoms with Crippen LogP contribution in [0.5, 0.6) is 11.5 Å². The molecule has 0 aliphatic carbocycles. The zero-order chi connectivity index (χ0) is 18.4. The fraction of sp³-hybridized carbons (Fsp3) is 0.286. The molecule has 26 heavy (non-hydrogen) atoms. The fourth-order valence-corrected chi connectivity index (χ4v) is 3.49. The van der Waals surface area contributed by atoms with E-state index in [0.717, 1.165) is 33.9 Å². The first-order chi connectivity index (χ1) is 12.7. The minimum absolute atomic E-state index is 0.134. The topological polar surface area (TPSA) is 47.6 Å². The van der Waals surface area contributed by atoms with Crippen molar-refractivity contribution in [2.24, 2.45) is 0 Å². The van der Waals surface area contributed by atoms with E-state index in [1.807, 2.05) is 49.4 Å². The second-order valence-corrected chi connectivity index (χ2v) is 7.06. The number of rotatable bonds is 7. The molecule has 1 aliphatic rings. The molecule has 1 aliphatic heterocycles. The Hall–Kier alpha value is -2.40. The van der Waals surface area contributed by atoms with Crippen LogP contribution in [0.25, 0.3) is 0 Å². The molecule has 0 aromatic heterocycles. The Labute approximate surface area is 158 Å². The Morgan fingerprint density at radius 2 is 2.15 bits per heavy atom. The molecule has 0 bridgehead atoms. The molecular formula is C21H23NO3S. The second kappa shape index (κ2) is 8.81. The molecule has 0 saturated heterocycles. The Bertz CT molecular complexity index is 789. The molecule has 0 unspecified atom stereocenters. The first-order valence-corrected chi connectivity index (χ1v) is 9.65. The molecular weight excluding hydrogens is 346 g/mol. The average Bonchev–Trinajstić information content (AvgIpc) is 3.00. The fourth-order valence-electron chi connectivity index (χ4n) is 2.82. The molecule has 5 heteroatoms. The number of carbonyl (C=O) groups is 1. The van der Waals surface area contributed by atoms with Crippen LogP contribution in [0.3, 0.4) is 0 Å². The monoisotopic (exact) mass is 369 g/mol. The summed E-state index contributed by atoms with van der Waals surface area (Å²) in [6.07, 6.45) is 2.62. The van der Waals surface area contributed by atoms with E-state index in [9.17, 15) is 4.79 Å². The summed E-state index contributed by atoms with van der Waals surface area (Å²) in [5.74, 6) is 1.57. The van der Waals surface area contributed by atoms with Gasteiger partial charge in [0.1, 0.15) is 17.6 Å². The van der Waals surface area contributed by atoms with Crippen LogP contribution in [0, 0.1) is 0 Å². The molecule has 1 amide bonds. The lowest BCUT2D eigenvalue weighted by Crippen LogP contribution is -2.20. The highest BCUT2D eigenvalue weighted by atomic mass is 32.2. The standard InChI is InChI=1S/C21H23NO3S/c1-3-24-19-12-16-11-15(2)25-20(16)13-17(19)14-22-21(23)9-10-26-18-7-5-4-6-8-18/h4-10,12-13,15H,3,11,14H2,1-2H3,(H,22,23)/b10-9+/t15-/m0/s1. The summed E-state index contributed by atoms with van der Waals surface area (Å²) in [6, 6.07) is 13.9. The van der Waals surface area contributed by atoms with Crippen LogP contribution in [0.1, 0.15) is 25.0 Å². The predicted octanol–water partition coefficient (Wildman–Crippen LogP) is 4.33. The highest BCUT2D eigenvalue weighted by Crippen LogP contribution is 2.35. The van der Waals surface area contributed by atoms with Gasteiger partial charge in [-0.05, 0) is 43.5 Å². The molecule has 0 fully saturated rings. The lowest BCUT2D eigenvalue weighted by Gasteiger charge is -2.13. The lowest BCUT2D eigenvalue weighted by molar-refractivity contribution is -0.116. The SMILES string of the molecule is CCOc1cc2c(cc1CNC(=O)/C=C/Sc1ccccc1)O[C@@H](C)C2. The van der Waals surface area contributed by atoms with E-state index in [0.29, 0.717) is 13.2 Å². The van der Waals surface area contributed by atoms with Gasteiger partial charge in [-0.15, -0.1) is 0 Å². The van der Waals surface area contributed by atoms with Crippen LogP contribution in [-0.2, 0) is 17.8 Å². The van der Waals surface area contributed by atoms with E-state index in [2.05, 4.69) is 12.2 Å².